The molecule has 2 saturated heterocycles. The zero-order valence-electron chi connectivity index (χ0n) is 10.4. The van der Waals surface area contributed by atoms with Gasteiger partial charge < -0.3 is 4.74 Å². The molecule has 2 amide bonds. The Balaban J connectivity index is 2.08. The first-order valence-electron chi connectivity index (χ1n) is 6.63. The molecule has 4 heteroatoms. The van der Waals surface area contributed by atoms with E-state index in [1.54, 1.807) is 0 Å². The SMILES string of the molecule is CCCC1C(=O)NC(=O)CC1C1CCCOC1. The van der Waals surface area contributed by atoms with Gasteiger partial charge in [0.1, 0.15) is 0 Å². The summed E-state index contributed by atoms with van der Waals surface area (Å²) in [5.74, 6) is 0.396. The lowest BCUT2D eigenvalue weighted by molar-refractivity contribution is -0.141. The Morgan fingerprint density at radius 2 is 2.24 bits per heavy atom. The molecule has 0 saturated carbocycles. The normalized spacial score (nSPS) is 34.5. The van der Waals surface area contributed by atoms with E-state index >= 15 is 0 Å². The lowest BCUT2D eigenvalue weighted by Crippen LogP contribution is -2.49. The Morgan fingerprint density at radius 1 is 1.41 bits per heavy atom. The first kappa shape index (κ1) is 12.6. The van der Waals surface area contributed by atoms with Crippen molar-refractivity contribution in [1.29, 1.82) is 0 Å². The van der Waals surface area contributed by atoms with Gasteiger partial charge in [0.2, 0.25) is 11.8 Å². The van der Waals surface area contributed by atoms with Crippen LogP contribution in [0.25, 0.3) is 0 Å². The fourth-order valence-corrected chi connectivity index (χ4v) is 3.09. The highest BCUT2D eigenvalue weighted by molar-refractivity contribution is 5.99. The van der Waals surface area contributed by atoms with Crippen LogP contribution in [0.3, 0.4) is 0 Å². The molecule has 0 bridgehead atoms. The van der Waals surface area contributed by atoms with Crippen LogP contribution in [0.1, 0.15) is 39.0 Å². The minimum Gasteiger partial charge on any atom is -0.381 e. The van der Waals surface area contributed by atoms with Crippen molar-refractivity contribution in [3.05, 3.63) is 0 Å². The average Bonchev–Trinajstić information content (AvgIpc) is 2.33. The van der Waals surface area contributed by atoms with Gasteiger partial charge in [-0.2, -0.15) is 0 Å². The number of carbonyl (C=O) groups excluding carboxylic acids is 2. The van der Waals surface area contributed by atoms with Crippen LogP contribution in [0.2, 0.25) is 0 Å². The van der Waals surface area contributed by atoms with Crippen molar-refractivity contribution < 1.29 is 14.3 Å². The molecule has 4 nitrogen and oxygen atoms in total. The molecule has 0 aromatic rings. The van der Waals surface area contributed by atoms with Crippen LogP contribution in [0.15, 0.2) is 0 Å². The predicted octanol–water partition coefficient (Wildman–Crippen LogP) is 1.49. The highest BCUT2D eigenvalue weighted by Crippen LogP contribution is 2.35. The first-order chi connectivity index (χ1) is 8.22. The summed E-state index contributed by atoms with van der Waals surface area (Å²) in [6.45, 7) is 3.62. The maximum Gasteiger partial charge on any atom is 0.229 e. The van der Waals surface area contributed by atoms with Gasteiger partial charge in [0.15, 0.2) is 0 Å². The summed E-state index contributed by atoms with van der Waals surface area (Å²) in [5, 5.41) is 2.46. The van der Waals surface area contributed by atoms with Crippen LogP contribution in [-0.4, -0.2) is 25.0 Å². The Labute approximate surface area is 102 Å². The number of rotatable bonds is 3. The maximum absolute atomic E-state index is 11.9. The largest absolute Gasteiger partial charge is 0.381 e. The topological polar surface area (TPSA) is 55.4 Å². The van der Waals surface area contributed by atoms with Crippen LogP contribution < -0.4 is 5.32 Å². The van der Waals surface area contributed by atoms with Gasteiger partial charge in [-0.05, 0) is 31.1 Å². The van der Waals surface area contributed by atoms with Crippen LogP contribution in [0.5, 0.6) is 0 Å². The molecule has 3 unspecified atom stereocenters. The second-order valence-electron chi connectivity index (χ2n) is 5.15. The lowest BCUT2D eigenvalue weighted by Gasteiger charge is -2.37. The van der Waals surface area contributed by atoms with Crippen molar-refractivity contribution in [2.45, 2.75) is 39.0 Å². The van der Waals surface area contributed by atoms with Gasteiger partial charge in [-0.3, -0.25) is 14.9 Å². The molecule has 2 aliphatic heterocycles. The van der Waals surface area contributed by atoms with Crippen molar-refractivity contribution in [1.82, 2.24) is 5.32 Å². The molecule has 2 heterocycles. The summed E-state index contributed by atoms with van der Waals surface area (Å²) in [7, 11) is 0. The number of ether oxygens (including phenoxy) is 1. The molecule has 0 aromatic carbocycles. The maximum atomic E-state index is 11.9. The van der Waals surface area contributed by atoms with Crippen LogP contribution >= 0.6 is 0 Å². The molecule has 96 valence electrons. The number of hydrogen-bond acceptors (Lipinski definition) is 3. The lowest BCUT2D eigenvalue weighted by atomic mass is 9.73. The molecule has 1 N–H and O–H groups in total. The fourth-order valence-electron chi connectivity index (χ4n) is 3.09. The third-order valence-electron chi connectivity index (χ3n) is 3.94. The molecular weight excluding hydrogens is 218 g/mol. The minimum atomic E-state index is -0.113. The molecular formula is C13H21NO3. The van der Waals surface area contributed by atoms with Gasteiger partial charge >= 0.3 is 0 Å². The van der Waals surface area contributed by atoms with E-state index in [9.17, 15) is 9.59 Å². The summed E-state index contributed by atoms with van der Waals surface area (Å²) < 4.78 is 5.49. The summed E-state index contributed by atoms with van der Waals surface area (Å²) >= 11 is 0. The summed E-state index contributed by atoms with van der Waals surface area (Å²) in [5.41, 5.74) is 0. The van der Waals surface area contributed by atoms with Crippen molar-refractivity contribution in [2.75, 3.05) is 13.2 Å². The molecule has 0 aromatic heterocycles. The third-order valence-corrected chi connectivity index (χ3v) is 3.94. The monoisotopic (exact) mass is 239 g/mol. The zero-order valence-corrected chi connectivity index (χ0v) is 10.4. The molecule has 0 radical (unpaired) electrons. The van der Waals surface area contributed by atoms with E-state index in [2.05, 4.69) is 12.2 Å². The van der Waals surface area contributed by atoms with Crippen molar-refractivity contribution in [3.8, 4) is 0 Å². The molecule has 17 heavy (non-hydrogen) atoms. The quantitative estimate of drug-likeness (QED) is 0.759. The van der Waals surface area contributed by atoms with Crippen molar-refractivity contribution >= 4 is 11.8 Å². The van der Waals surface area contributed by atoms with E-state index in [0.717, 1.165) is 32.3 Å². The molecule has 2 rings (SSSR count). The number of nitrogens with one attached hydrogen (secondary N) is 1. The number of imide groups is 1. The fraction of sp³-hybridized carbons (Fsp3) is 0.846. The van der Waals surface area contributed by atoms with Gasteiger partial charge in [-0.25, -0.2) is 0 Å². The van der Waals surface area contributed by atoms with Crippen LogP contribution in [0, 0.1) is 17.8 Å². The van der Waals surface area contributed by atoms with Crippen LogP contribution in [-0.2, 0) is 14.3 Å². The summed E-state index contributed by atoms with van der Waals surface area (Å²) in [4.78, 5) is 23.4. The van der Waals surface area contributed by atoms with Crippen molar-refractivity contribution in [2.24, 2.45) is 17.8 Å². The number of piperidine rings is 1. The van der Waals surface area contributed by atoms with E-state index in [1.165, 1.54) is 0 Å². The van der Waals surface area contributed by atoms with E-state index < -0.39 is 0 Å². The molecule has 0 spiro atoms. The third kappa shape index (κ3) is 2.86. The summed E-state index contributed by atoms with van der Waals surface area (Å²) in [6.07, 6.45) is 4.49. The summed E-state index contributed by atoms with van der Waals surface area (Å²) in [6, 6.07) is 0. The highest BCUT2D eigenvalue weighted by Gasteiger charge is 2.39. The molecule has 2 aliphatic rings. The van der Waals surface area contributed by atoms with Crippen molar-refractivity contribution in [3.63, 3.8) is 0 Å². The van der Waals surface area contributed by atoms with Crippen LogP contribution in [0.4, 0.5) is 0 Å². The van der Waals surface area contributed by atoms with E-state index in [4.69, 9.17) is 4.74 Å². The second-order valence-corrected chi connectivity index (χ2v) is 5.15. The van der Waals surface area contributed by atoms with Gasteiger partial charge in [0, 0.05) is 25.6 Å². The number of carbonyl (C=O) groups is 2. The Morgan fingerprint density at radius 3 is 2.88 bits per heavy atom. The second kappa shape index (κ2) is 5.63. The predicted molar refractivity (Wildman–Crippen MR) is 63.2 cm³/mol. The van der Waals surface area contributed by atoms with Gasteiger partial charge in [0.05, 0.1) is 0 Å². The molecule has 2 fully saturated rings. The zero-order chi connectivity index (χ0) is 12.3. The Hall–Kier alpha value is -0.900. The first-order valence-corrected chi connectivity index (χ1v) is 6.63. The Bertz CT molecular complexity index is 297. The van der Waals surface area contributed by atoms with E-state index in [1.807, 2.05) is 0 Å². The van der Waals surface area contributed by atoms with E-state index in [-0.39, 0.29) is 23.7 Å². The molecule has 0 aliphatic carbocycles. The number of amides is 2. The van der Waals surface area contributed by atoms with E-state index in [0.29, 0.717) is 18.9 Å². The van der Waals surface area contributed by atoms with Gasteiger partial charge in [0.25, 0.3) is 0 Å². The molecule has 3 atom stereocenters. The highest BCUT2D eigenvalue weighted by atomic mass is 16.5. The standard InChI is InChI=1S/C13H21NO3/c1-2-4-10-11(7-12(15)14-13(10)16)9-5-3-6-17-8-9/h9-11H,2-8H2,1H3,(H,14,15,16). The Kier molecular flexibility index (Phi) is 4.15. The number of hydrogen-bond donors (Lipinski definition) is 1. The average molecular weight is 239 g/mol. The smallest absolute Gasteiger partial charge is 0.229 e. The minimum absolute atomic E-state index is 0.00407. The van der Waals surface area contributed by atoms with Gasteiger partial charge in [-0.1, -0.05) is 13.3 Å². The van der Waals surface area contributed by atoms with Gasteiger partial charge in [-0.15, -0.1) is 0 Å².